The largest absolute Gasteiger partial charge is 0.352 e. The first-order valence-corrected chi connectivity index (χ1v) is 6.47. The maximum Gasteiger partial charge on any atom is 0.252 e. The van der Waals surface area contributed by atoms with Crippen molar-refractivity contribution in [3.05, 3.63) is 33.8 Å². The number of hydrogen-bond acceptors (Lipinski definition) is 1. The van der Waals surface area contributed by atoms with Crippen LogP contribution in [0.25, 0.3) is 0 Å². The van der Waals surface area contributed by atoms with E-state index in [2.05, 4.69) is 21.2 Å². The highest BCUT2D eigenvalue weighted by Gasteiger charge is 2.10. The van der Waals surface area contributed by atoms with Crippen molar-refractivity contribution in [2.24, 2.45) is 5.92 Å². The van der Waals surface area contributed by atoms with Gasteiger partial charge in [-0.2, -0.15) is 0 Å². The minimum atomic E-state index is -0.0659. The van der Waals surface area contributed by atoms with E-state index in [0.717, 1.165) is 10.0 Å². The zero-order valence-electron chi connectivity index (χ0n) is 9.39. The molecule has 0 saturated heterocycles. The van der Waals surface area contributed by atoms with Crippen molar-refractivity contribution >= 4 is 33.4 Å². The molecule has 1 rings (SSSR count). The maximum absolute atomic E-state index is 11.8. The summed E-state index contributed by atoms with van der Waals surface area (Å²) in [5, 5.41) is 2.86. The Labute approximate surface area is 110 Å². The van der Waals surface area contributed by atoms with Crippen LogP contribution >= 0.6 is 27.5 Å². The molecule has 4 heteroatoms. The fourth-order valence-corrected chi connectivity index (χ4v) is 2.00. The van der Waals surface area contributed by atoms with Crippen molar-refractivity contribution < 1.29 is 4.79 Å². The number of alkyl halides is 1. The molecule has 16 heavy (non-hydrogen) atoms. The summed E-state index contributed by atoms with van der Waals surface area (Å²) in [5.74, 6) is 0.772. The van der Waals surface area contributed by atoms with Gasteiger partial charge in [0.25, 0.3) is 5.91 Å². The fourth-order valence-electron chi connectivity index (χ4n) is 1.22. The van der Waals surface area contributed by atoms with Gasteiger partial charge in [0, 0.05) is 16.9 Å². The molecule has 0 aromatic heterocycles. The van der Waals surface area contributed by atoms with Gasteiger partial charge in [-0.25, -0.2) is 0 Å². The summed E-state index contributed by atoms with van der Waals surface area (Å²) < 4.78 is 0.823. The second-order valence-corrected chi connectivity index (χ2v) is 5.12. The Morgan fingerprint density at radius 2 is 2.25 bits per heavy atom. The molecule has 1 N–H and O–H groups in total. The summed E-state index contributed by atoms with van der Waals surface area (Å²) in [7, 11) is 0. The Balaban J connectivity index is 2.66. The van der Waals surface area contributed by atoms with Crippen LogP contribution in [0.15, 0.2) is 22.7 Å². The third-order valence-electron chi connectivity index (χ3n) is 2.24. The highest BCUT2D eigenvalue weighted by Crippen LogP contribution is 2.18. The van der Waals surface area contributed by atoms with Gasteiger partial charge < -0.3 is 5.32 Å². The van der Waals surface area contributed by atoms with Crippen molar-refractivity contribution in [3.8, 4) is 0 Å². The molecule has 0 aliphatic heterocycles. The number of nitrogens with one attached hydrogen (secondary N) is 1. The van der Waals surface area contributed by atoms with E-state index in [0.29, 0.717) is 18.0 Å². The van der Waals surface area contributed by atoms with Crippen LogP contribution in [0.1, 0.15) is 22.8 Å². The Morgan fingerprint density at radius 3 is 2.81 bits per heavy atom. The zero-order chi connectivity index (χ0) is 12.1. The molecule has 0 aliphatic rings. The molecule has 1 atom stereocenters. The summed E-state index contributed by atoms with van der Waals surface area (Å²) in [5.41, 5.74) is 1.78. The second-order valence-electron chi connectivity index (χ2n) is 3.95. The van der Waals surface area contributed by atoms with Gasteiger partial charge in [-0.05, 0) is 46.5 Å². The normalized spacial score (nSPS) is 12.2. The minimum absolute atomic E-state index is 0.0659. The molecule has 0 aliphatic carbocycles. The van der Waals surface area contributed by atoms with Crippen molar-refractivity contribution in [1.82, 2.24) is 5.32 Å². The molecule has 1 unspecified atom stereocenters. The molecule has 1 aromatic carbocycles. The average Bonchev–Trinajstić information content (AvgIpc) is 2.25. The first-order chi connectivity index (χ1) is 7.54. The van der Waals surface area contributed by atoms with Crippen LogP contribution in [0.3, 0.4) is 0 Å². The third kappa shape index (κ3) is 3.80. The second kappa shape index (κ2) is 6.26. The summed E-state index contributed by atoms with van der Waals surface area (Å²) in [6, 6.07) is 5.67. The van der Waals surface area contributed by atoms with E-state index >= 15 is 0 Å². The molecule has 1 amide bonds. The lowest BCUT2D eigenvalue weighted by atomic mass is 10.1. The van der Waals surface area contributed by atoms with Crippen molar-refractivity contribution in [1.29, 1.82) is 0 Å². The molecule has 0 fully saturated rings. The molecule has 2 nitrogen and oxygen atoms in total. The maximum atomic E-state index is 11.8. The SMILES string of the molecule is Cc1ccc(C(=O)NCC(C)CCl)c(Br)c1. The van der Waals surface area contributed by atoms with Crippen LogP contribution in [0.4, 0.5) is 0 Å². The smallest absolute Gasteiger partial charge is 0.252 e. The Hall–Kier alpha value is -0.540. The Bertz CT molecular complexity index is 381. The predicted octanol–water partition coefficient (Wildman–Crippen LogP) is 3.36. The van der Waals surface area contributed by atoms with Crippen molar-refractivity contribution in [2.45, 2.75) is 13.8 Å². The van der Waals surface area contributed by atoms with Gasteiger partial charge in [0.1, 0.15) is 0 Å². The van der Waals surface area contributed by atoms with E-state index in [1.807, 2.05) is 32.0 Å². The van der Waals surface area contributed by atoms with E-state index < -0.39 is 0 Å². The van der Waals surface area contributed by atoms with Crippen LogP contribution in [-0.4, -0.2) is 18.3 Å². The number of aryl methyl sites for hydroxylation is 1. The van der Waals surface area contributed by atoms with Crippen molar-refractivity contribution in [3.63, 3.8) is 0 Å². The zero-order valence-corrected chi connectivity index (χ0v) is 11.7. The standard InChI is InChI=1S/C12H15BrClNO/c1-8-3-4-10(11(13)5-8)12(16)15-7-9(2)6-14/h3-5,9H,6-7H2,1-2H3,(H,15,16). The number of amides is 1. The molecule has 0 saturated carbocycles. The number of hydrogen-bond donors (Lipinski definition) is 1. The van der Waals surface area contributed by atoms with Gasteiger partial charge >= 0.3 is 0 Å². The number of halogens is 2. The Morgan fingerprint density at radius 1 is 1.56 bits per heavy atom. The summed E-state index contributed by atoms with van der Waals surface area (Å²) in [6.45, 7) is 4.59. The monoisotopic (exact) mass is 303 g/mol. The van der Waals surface area contributed by atoms with Gasteiger partial charge in [-0.15, -0.1) is 11.6 Å². The van der Waals surface area contributed by atoms with Gasteiger partial charge in [0.05, 0.1) is 5.56 Å². The summed E-state index contributed by atoms with van der Waals surface area (Å²) in [6.07, 6.45) is 0. The molecule has 88 valence electrons. The summed E-state index contributed by atoms with van der Waals surface area (Å²) >= 11 is 9.06. The molecule has 0 spiro atoms. The van der Waals surface area contributed by atoms with E-state index in [4.69, 9.17) is 11.6 Å². The number of rotatable bonds is 4. The van der Waals surface area contributed by atoms with Crippen LogP contribution in [0, 0.1) is 12.8 Å². The van der Waals surface area contributed by atoms with Gasteiger partial charge in [-0.1, -0.05) is 13.0 Å². The lowest BCUT2D eigenvalue weighted by Crippen LogP contribution is -2.29. The Kier molecular flexibility index (Phi) is 5.29. The van der Waals surface area contributed by atoms with Crippen LogP contribution < -0.4 is 5.32 Å². The minimum Gasteiger partial charge on any atom is -0.352 e. The molecule has 0 heterocycles. The quantitative estimate of drug-likeness (QED) is 0.849. The highest BCUT2D eigenvalue weighted by molar-refractivity contribution is 9.10. The molecule has 1 aromatic rings. The van der Waals surface area contributed by atoms with E-state index in [1.165, 1.54) is 0 Å². The molecule has 0 radical (unpaired) electrons. The number of benzene rings is 1. The fraction of sp³-hybridized carbons (Fsp3) is 0.417. The average molecular weight is 305 g/mol. The lowest BCUT2D eigenvalue weighted by molar-refractivity contribution is 0.0948. The first kappa shape index (κ1) is 13.5. The molecule has 0 bridgehead atoms. The van der Waals surface area contributed by atoms with Crippen LogP contribution in [0.5, 0.6) is 0 Å². The van der Waals surface area contributed by atoms with Crippen molar-refractivity contribution in [2.75, 3.05) is 12.4 Å². The number of carbonyl (C=O) groups excluding carboxylic acids is 1. The first-order valence-electron chi connectivity index (χ1n) is 5.15. The molecular formula is C12H15BrClNO. The highest BCUT2D eigenvalue weighted by atomic mass is 79.9. The van der Waals surface area contributed by atoms with E-state index in [1.54, 1.807) is 0 Å². The van der Waals surface area contributed by atoms with Gasteiger partial charge in [-0.3, -0.25) is 4.79 Å². The third-order valence-corrected chi connectivity index (χ3v) is 3.43. The summed E-state index contributed by atoms with van der Waals surface area (Å²) in [4.78, 5) is 11.8. The van der Waals surface area contributed by atoms with Crippen LogP contribution in [0.2, 0.25) is 0 Å². The number of carbonyl (C=O) groups is 1. The van der Waals surface area contributed by atoms with Gasteiger partial charge in [0.15, 0.2) is 0 Å². The van der Waals surface area contributed by atoms with Crippen LogP contribution in [-0.2, 0) is 0 Å². The topological polar surface area (TPSA) is 29.1 Å². The van der Waals surface area contributed by atoms with E-state index in [9.17, 15) is 4.79 Å². The molecular weight excluding hydrogens is 289 g/mol. The lowest BCUT2D eigenvalue weighted by Gasteiger charge is -2.10. The predicted molar refractivity (Wildman–Crippen MR) is 71.1 cm³/mol. The van der Waals surface area contributed by atoms with Gasteiger partial charge in [0.2, 0.25) is 0 Å². The van der Waals surface area contributed by atoms with E-state index in [-0.39, 0.29) is 11.8 Å².